The van der Waals surface area contributed by atoms with E-state index in [9.17, 15) is 9.90 Å². The van der Waals surface area contributed by atoms with Crippen molar-refractivity contribution in [3.8, 4) is 0 Å². The first-order valence-corrected chi connectivity index (χ1v) is 8.26. The standard InChI is InChI=1S/C15H24N2O2S/c1-15(19,13-9-6-10-20-13)11-16-14(18)17-12-7-4-2-3-5-8-12/h6,9-10,12,19H,2-5,7-8,11H2,1H3,(H2,16,17,18). The SMILES string of the molecule is CC(O)(CNC(=O)NC1CCCCCC1)c1cccs1. The number of carbonyl (C=O) groups is 1. The normalized spacial score (nSPS) is 19.9. The molecule has 1 aromatic heterocycles. The fraction of sp³-hybridized carbons (Fsp3) is 0.667. The lowest BCUT2D eigenvalue weighted by atomic mass is 10.1. The number of urea groups is 1. The molecule has 1 fully saturated rings. The molecule has 5 heteroatoms. The number of nitrogens with one attached hydrogen (secondary N) is 2. The third-order valence-corrected chi connectivity index (χ3v) is 4.96. The minimum absolute atomic E-state index is 0.172. The quantitative estimate of drug-likeness (QED) is 0.748. The van der Waals surface area contributed by atoms with Crippen LogP contribution in [0.3, 0.4) is 0 Å². The van der Waals surface area contributed by atoms with Crippen molar-refractivity contribution in [3.63, 3.8) is 0 Å². The van der Waals surface area contributed by atoms with Gasteiger partial charge in [-0.2, -0.15) is 0 Å². The lowest BCUT2D eigenvalue weighted by Gasteiger charge is -2.23. The first-order chi connectivity index (χ1) is 9.58. The molecule has 0 spiro atoms. The molecule has 2 rings (SSSR count). The molecule has 112 valence electrons. The summed E-state index contributed by atoms with van der Waals surface area (Å²) in [6, 6.07) is 3.90. The number of carbonyl (C=O) groups excluding carboxylic acids is 1. The van der Waals surface area contributed by atoms with Gasteiger partial charge in [0, 0.05) is 10.9 Å². The van der Waals surface area contributed by atoms with E-state index in [4.69, 9.17) is 0 Å². The summed E-state index contributed by atoms with van der Waals surface area (Å²) in [7, 11) is 0. The number of thiophene rings is 1. The highest BCUT2D eigenvalue weighted by molar-refractivity contribution is 7.10. The van der Waals surface area contributed by atoms with E-state index >= 15 is 0 Å². The molecule has 3 N–H and O–H groups in total. The number of amides is 2. The molecule has 1 aromatic rings. The van der Waals surface area contributed by atoms with Gasteiger partial charge in [0.15, 0.2) is 0 Å². The predicted octanol–water partition coefficient (Wildman–Crippen LogP) is 2.98. The molecule has 1 heterocycles. The van der Waals surface area contributed by atoms with E-state index in [1.165, 1.54) is 37.0 Å². The molecule has 1 atom stereocenters. The molecule has 0 bridgehead atoms. The third-order valence-electron chi connectivity index (χ3n) is 3.84. The summed E-state index contributed by atoms with van der Waals surface area (Å²) < 4.78 is 0. The molecular formula is C15H24N2O2S. The highest BCUT2D eigenvalue weighted by Gasteiger charge is 2.25. The van der Waals surface area contributed by atoms with E-state index in [1.807, 2.05) is 17.5 Å². The van der Waals surface area contributed by atoms with Gasteiger partial charge in [-0.25, -0.2) is 4.79 Å². The van der Waals surface area contributed by atoms with Crippen molar-refractivity contribution in [2.24, 2.45) is 0 Å². The minimum Gasteiger partial charge on any atom is -0.383 e. The summed E-state index contributed by atoms with van der Waals surface area (Å²) >= 11 is 1.50. The first-order valence-electron chi connectivity index (χ1n) is 7.39. The molecule has 1 saturated carbocycles. The smallest absolute Gasteiger partial charge is 0.315 e. The van der Waals surface area contributed by atoms with Crippen LogP contribution in [0.25, 0.3) is 0 Å². The maximum absolute atomic E-state index is 11.9. The molecule has 4 nitrogen and oxygen atoms in total. The molecule has 1 unspecified atom stereocenters. The van der Waals surface area contributed by atoms with E-state index in [0.29, 0.717) is 0 Å². The Labute approximate surface area is 124 Å². The average molecular weight is 296 g/mol. The van der Waals surface area contributed by atoms with Crippen LogP contribution < -0.4 is 10.6 Å². The third kappa shape index (κ3) is 4.49. The Bertz CT molecular complexity index is 410. The van der Waals surface area contributed by atoms with Crippen LogP contribution in [0.2, 0.25) is 0 Å². The van der Waals surface area contributed by atoms with Crippen LogP contribution in [-0.2, 0) is 5.60 Å². The van der Waals surface area contributed by atoms with E-state index in [1.54, 1.807) is 6.92 Å². The van der Waals surface area contributed by atoms with Crippen LogP contribution in [0.4, 0.5) is 4.79 Å². The van der Waals surface area contributed by atoms with Crippen LogP contribution in [0.5, 0.6) is 0 Å². The van der Waals surface area contributed by atoms with Gasteiger partial charge < -0.3 is 15.7 Å². The van der Waals surface area contributed by atoms with Gasteiger partial charge in [-0.3, -0.25) is 0 Å². The second-order valence-corrected chi connectivity index (χ2v) is 6.71. The van der Waals surface area contributed by atoms with Crippen molar-refractivity contribution in [2.45, 2.75) is 57.1 Å². The molecule has 0 aromatic carbocycles. The van der Waals surface area contributed by atoms with Crippen LogP contribution in [0.15, 0.2) is 17.5 Å². The Kier molecular flexibility index (Phi) is 5.43. The number of hydrogen-bond donors (Lipinski definition) is 3. The van der Waals surface area contributed by atoms with Crippen LogP contribution in [-0.4, -0.2) is 23.7 Å². The zero-order chi connectivity index (χ0) is 14.4. The fourth-order valence-electron chi connectivity index (χ4n) is 2.58. The van der Waals surface area contributed by atoms with E-state index in [2.05, 4.69) is 10.6 Å². The van der Waals surface area contributed by atoms with Gasteiger partial charge in [0.1, 0.15) is 5.60 Å². The van der Waals surface area contributed by atoms with Gasteiger partial charge in [0.25, 0.3) is 0 Å². The maximum atomic E-state index is 11.9. The summed E-state index contributed by atoms with van der Waals surface area (Å²) in [5.74, 6) is 0. The van der Waals surface area contributed by atoms with E-state index in [-0.39, 0.29) is 18.6 Å². The molecule has 0 aliphatic heterocycles. The molecule has 1 aliphatic rings. The summed E-state index contributed by atoms with van der Waals surface area (Å²) in [6.45, 7) is 1.96. The Hall–Kier alpha value is -1.07. The average Bonchev–Trinajstić information content (AvgIpc) is 2.85. The maximum Gasteiger partial charge on any atom is 0.315 e. The summed E-state index contributed by atoms with van der Waals surface area (Å²) in [5, 5.41) is 18.1. The minimum atomic E-state index is -1.00. The zero-order valence-electron chi connectivity index (χ0n) is 12.0. The predicted molar refractivity (Wildman–Crippen MR) is 81.9 cm³/mol. The van der Waals surface area contributed by atoms with E-state index < -0.39 is 5.60 Å². The second-order valence-electron chi connectivity index (χ2n) is 5.77. The van der Waals surface area contributed by atoms with Crippen molar-refractivity contribution in [3.05, 3.63) is 22.4 Å². The van der Waals surface area contributed by atoms with Crippen molar-refractivity contribution >= 4 is 17.4 Å². The lowest BCUT2D eigenvalue weighted by molar-refractivity contribution is 0.0630. The topological polar surface area (TPSA) is 61.4 Å². The second kappa shape index (κ2) is 7.09. The number of hydrogen-bond acceptors (Lipinski definition) is 3. The molecule has 2 amide bonds. The molecular weight excluding hydrogens is 272 g/mol. The summed E-state index contributed by atoms with van der Waals surface area (Å²) in [6.07, 6.45) is 7.05. The van der Waals surface area contributed by atoms with Crippen molar-refractivity contribution < 1.29 is 9.90 Å². The van der Waals surface area contributed by atoms with Gasteiger partial charge >= 0.3 is 6.03 Å². The lowest BCUT2D eigenvalue weighted by Crippen LogP contribution is -2.46. The fourth-order valence-corrected chi connectivity index (χ4v) is 3.37. The monoisotopic (exact) mass is 296 g/mol. The number of rotatable bonds is 4. The molecule has 1 aliphatic carbocycles. The van der Waals surface area contributed by atoms with Crippen molar-refractivity contribution in [1.29, 1.82) is 0 Å². The van der Waals surface area contributed by atoms with Gasteiger partial charge in [-0.05, 0) is 31.2 Å². The molecule has 0 radical (unpaired) electrons. The number of aliphatic hydroxyl groups is 1. The highest BCUT2D eigenvalue weighted by Crippen LogP contribution is 2.24. The van der Waals surface area contributed by atoms with Crippen molar-refractivity contribution in [2.75, 3.05) is 6.54 Å². The highest BCUT2D eigenvalue weighted by atomic mass is 32.1. The Morgan fingerprint density at radius 2 is 2.10 bits per heavy atom. The van der Waals surface area contributed by atoms with E-state index in [0.717, 1.165) is 17.7 Å². The molecule has 20 heavy (non-hydrogen) atoms. The zero-order valence-corrected chi connectivity index (χ0v) is 12.8. The molecule has 0 saturated heterocycles. The summed E-state index contributed by atoms with van der Waals surface area (Å²) in [4.78, 5) is 12.8. The van der Waals surface area contributed by atoms with Crippen LogP contribution in [0.1, 0.15) is 50.3 Å². The van der Waals surface area contributed by atoms with Gasteiger partial charge in [-0.15, -0.1) is 11.3 Å². The largest absolute Gasteiger partial charge is 0.383 e. The van der Waals surface area contributed by atoms with Crippen molar-refractivity contribution in [1.82, 2.24) is 10.6 Å². The Balaban J connectivity index is 1.77. The van der Waals surface area contributed by atoms with Gasteiger partial charge in [-0.1, -0.05) is 31.7 Å². The van der Waals surface area contributed by atoms with Crippen LogP contribution >= 0.6 is 11.3 Å². The summed E-state index contributed by atoms with van der Waals surface area (Å²) in [5.41, 5.74) is -1.00. The Morgan fingerprint density at radius 1 is 1.40 bits per heavy atom. The van der Waals surface area contributed by atoms with Gasteiger partial charge in [0.05, 0.1) is 6.54 Å². The van der Waals surface area contributed by atoms with Gasteiger partial charge in [0.2, 0.25) is 0 Å². The first kappa shape index (κ1) is 15.3. The van der Waals surface area contributed by atoms with Crippen LogP contribution in [0, 0.1) is 0 Å². The Morgan fingerprint density at radius 3 is 2.70 bits per heavy atom.